The molecule has 1 aliphatic rings. The average molecular weight is 212 g/mol. The Balaban J connectivity index is 2.74. The quantitative estimate of drug-likeness (QED) is 0.249. The van der Waals surface area contributed by atoms with Crippen LogP contribution < -0.4 is 0 Å². The van der Waals surface area contributed by atoms with Crippen LogP contribution in [0.2, 0.25) is 0 Å². The van der Waals surface area contributed by atoms with Crippen LogP contribution in [0.25, 0.3) is 0 Å². The second kappa shape index (κ2) is 3.06. The summed E-state index contributed by atoms with van der Waals surface area (Å²) in [6.45, 7) is 0.299. The van der Waals surface area contributed by atoms with Gasteiger partial charge in [0, 0.05) is 18.1 Å². The zero-order chi connectivity index (χ0) is 10.4. The molecule has 0 aromatic carbocycles. The van der Waals surface area contributed by atoms with Crippen molar-refractivity contribution in [3.63, 3.8) is 0 Å². The van der Waals surface area contributed by atoms with Crippen LogP contribution in [0.5, 0.6) is 0 Å². The highest BCUT2D eigenvalue weighted by Crippen LogP contribution is 2.54. The van der Waals surface area contributed by atoms with Crippen molar-refractivity contribution in [2.24, 2.45) is 0 Å². The molecule has 1 saturated heterocycles. The van der Waals surface area contributed by atoms with E-state index in [4.69, 9.17) is 10.2 Å². The van der Waals surface area contributed by atoms with Crippen LogP contribution in [-0.2, 0) is 11.2 Å². The summed E-state index contributed by atoms with van der Waals surface area (Å²) < 4.78 is 11.0. The Hall–Kier alpha value is 0.110. The van der Waals surface area contributed by atoms with Crippen molar-refractivity contribution in [3.05, 3.63) is 0 Å². The Morgan fingerprint density at radius 1 is 1.38 bits per heavy atom. The summed E-state index contributed by atoms with van der Waals surface area (Å²) in [4.78, 5) is -4.17. The van der Waals surface area contributed by atoms with E-state index >= 15 is 0 Å². The minimum absolute atomic E-state index is 0.781. The van der Waals surface area contributed by atoms with E-state index in [0.29, 0.717) is 0 Å². The number of hydrogen-bond donors (Lipinski definition) is 5. The zero-order valence-electron chi connectivity index (χ0n) is 6.91. The van der Waals surface area contributed by atoms with E-state index in [2.05, 4.69) is 0 Å². The highest BCUT2D eigenvalue weighted by atomic mass is 32.2. The first-order chi connectivity index (χ1) is 5.80. The van der Waals surface area contributed by atoms with Gasteiger partial charge in [-0.3, -0.25) is 0 Å². The summed E-state index contributed by atoms with van der Waals surface area (Å²) >= 11 is -2.04. The highest BCUT2D eigenvalue weighted by molar-refractivity contribution is 8.01. The maximum absolute atomic E-state index is 11.0. The van der Waals surface area contributed by atoms with Crippen LogP contribution in [0.4, 0.5) is 0 Å². The van der Waals surface area contributed by atoms with Gasteiger partial charge in [0.2, 0.25) is 0 Å². The predicted molar refractivity (Wildman–Crippen MR) is 42.8 cm³/mol. The van der Waals surface area contributed by atoms with E-state index in [0.717, 1.165) is 6.92 Å². The molecule has 0 aromatic rings. The molecule has 7 heteroatoms. The Morgan fingerprint density at radius 3 is 2.00 bits per heavy atom. The van der Waals surface area contributed by atoms with E-state index in [-0.39, 0.29) is 0 Å². The molecule has 0 bridgehead atoms. The van der Waals surface area contributed by atoms with Crippen molar-refractivity contribution in [1.82, 2.24) is 0 Å². The molecule has 0 spiro atoms. The van der Waals surface area contributed by atoms with Gasteiger partial charge in [-0.05, 0) is 0 Å². The molecule has 0 saturated carbocycles. The second-order valence-corrected chi connectivity index (χ2v) is 5.10. The lowest BCUT2D eigenvalue weighted by atomic mass is 10.0. The third-order valence-electron chi connectivity index (χ3n) is 2.22. The summed E-state index contributed by atoms with van der Waals surface area (Å²) in [6.07, 6.45) is -3.45. The molecule has 0 radical (unpaired) electrons. The first-order valence-electron chi connectivity index (χ1n) is 3.64. The van der Waals surface area contributed by atoms with Gasteiger partial charge in [0.25, 0.3) is 0 Å². The monoisotopic (exact) mass is 212 g/mol. The molecule has 1 fully saturated rings. The largest absolute Gasteiger partial charge is 0.611 e. The van der Waals surface area contributed by atoms with E-state index in [9.17, 15) is 19.9 Å². The summed E-state index contributed by atoms with van der Waals surface area (Å²) in [5.74, 6) is 0. The van der Waals surface area contributed by atoms with E-state index < -0.39 is 39.9 Å². The highest BCUT2D eigenvalue weighted by Gasteiger charge is 2.87. The van der Waals surface area contributed by atoms with Crippen LogP contribution in [0.15, 0.2) is 0 Å². The predicted octanol–water partition coefficient (Wildman–Crippen LogP) is -3.14. The van der Waals surface area contributed by atoms with Gasteiger partial charge in [0.15, 0.2) is 6.10 Å². The summed E-state index contributed by atoms with van der Waals surface area (Å²) in [7, 11) is 0. The van der Waals surface area contributed by atoms with Crippen LogP contribution in [-0.4, -0.2) is 58.8 Å². The molecular weight excluding hydrogens is 200 g/mol. The number of rotatable bonds is 3. The molecular formula is C6H12O6S. The second-order valence-electron chi connectivity index (χ2n) is 3.14. The fourth-order valence-electron chi connectivity index (χ4n) is 1.14. The molecule has 1 rings (SSSR count). The fraction of sp³-hybridized carbons (Fsp3) is 1.00. The summed E-state index contributed by atoms with van der Waals surface area (Å²) in [5, 5.41) is 45.3. The molecule has 13 heavy (non-hydrogen) atoms. The number of aliphatic hydroxyl groups is 5. The van der Waals surface area contributed by atoms with Crippen molar-refractivity contribution in [2.45, 2.75) is 29.0 Å². The lowest BCUT2D eigenvalue weighted by Crippen LogP contribution is -2.46. The smallest absolute Gasteiger partial charge is 0.331 e. The van der Waals surface area contributed by atoms with Gasteiger partial charge in [-0.2, -0.15) is 0 Å². The van der Waals surface area contributed by atoms with Crippen LogP contribution in [0.3, 0.4) is 0 Å². The van der Waals surface area contributed by atoms with Crippen molar-refractivity contribution < 1.29 is 30.1 Å². The fourth-order valence-corrected chi connectivity index (χ4v) is 2.54. The molecule has 1 heterocycles. The van der Waals surface area contributed by atoms with E-state index in [1.54, 1.807) is 0 Å². The average Bonchev–Trinajstić information content (AvgIpc) is 2.48. The molecule has 0 aromatic heterocycles. The summed E-state index contributed by atoms with van der Waals surface area (Å²) in [5.41, 5.74) is 0. The third kappa shape index (κ3) is 1.28. The van der Waals surface area contributed by atoms with Gasteiger partial charge in [0.05, 0.1) is 6.61 Å². The first kappa shape index (κ1) is 11.2. The van der Waals surface area contributed by atoms with E-state index in [1.807, 2.05) is 0 Å². The minimum atomic E-state index is -2.24. The standard InChI is InChI=1S/C6H12O6S/c1-5(10)6(11,13(5)12)4(9)3(8)2-7/h3-4,7-11H,2H2,1H3/t3-,4+,5-,6+,13?/m0/s1. The summed E-state index contributed by atoms with van der Waals surface area (Å²) in [6, 6.07) is 0. The van der Waals surface area contributed by atoms with Crippen molar-refractivity contribution >= 4 is 11.2 Å². The minimum Gasteiger partial charge on any atom is -0.611 e. The van der Waals surface area contributed by atoms with Gasteiger partial charge in [-0.15, -0.1) is 0 Å². The van der Waals surface area contributed by atoms with E-state index in [1.165, 1.54) is 0 Å². The number of aliphatic hydroxyl groups excluding tert-OH is 3. The molecule has 5 atom stereocenters. The van der Waals surface area contributed by atoms with Crippen LogP contribution in [0.1, 0.15) is 6.92 Å². The van der Waals surface area contributed by atoms with Gasteiger partial charge < -0.3 is 30.1 Å². The van der Waals surface area contributed by atoms with Crippen molar-refractivity contribution in [1.29, 1.82) is 0 Å². The van der Waals surface area contributed by atoms with Gasteiger partial charge in [-0.25, -0.2) is 0 Å². The topological polar surface area (TPSA) is 124 Å². The molecule has 5 N–H and O–H groups in total. The first-order valence-corrected chi connectivity index (χ1v) is 4.78. The Bertz CT molecular complexity index is 209. The van der Waals surface area contributed by atoms with Crippen molar-refractivity contribution in [2.75, 3.05) is 6.61 Å². The Labute approximate surface area is 77.6 Å². The SMILES string of the molecule is C[C@]1(O)[S+]([O-])[C@]1(O)[C@H](O)[C@@H](O)CO. The van der Waals surface area contributed by atoms with Crippen LogP contribution in [0, 0.1) is 0 Å². The van der Waals surface area contributed by atoms with Gasteiger partial charge in [-0.1, -0.05) is 0 Å². The maximum Gasteiger partial charge on any atom is 0.331 e. The van der Waals surface area contributed by atoms with Gasteiger partial charge >= 0.3 is 9.87 Å². The normalized spacial score (nSPS) is 48.7. The molecule has 1 aliphatic heterocycles. The van der Waals surface area contributed by atoms with Crippen molar-refractivity contribution in [3.8, 4) is 0 Å². The molecule has 0 amide bonds. The molecule has 1 unspecified atom stereocenters. The third-order valence-corrected chi connectivity index (χ3v) is 4.25. The zero-order valence-corrected chi connectivity index (χ0v) is 7.73. The Morgan fingerprint density at radius 2 is 1.77 bits per heavy atom. The Kier molecular flexibility index (Phi) is 2.63. The van der Waals surface area contributed by atoms with Gasteiger partial charge in [0.1, 0.15) is 6.10 Å². The maximum atomic E-state index is 11.0. The molecule has 6 nitrogen and oxygen atoms in total. The van der Waals surface area contributed by atoms with Crippen LogP contribution >= 0.6 is 0 Å². The molecule has 0 aliphatic carbocycles. The lowest BCUT2D eigenvalue weighted by Gasteiger charge is -2.16. The number of hydrogen-bond acceptors (Lipinski definition) is 6. The lowest BCUT2D eigenvalue weighted by molar-refractivity contribution is -0.112. The molecule has 78 valence electrons.